The Kier molecular flexibility index (Phi) is 6.48. The molecule has 2 aromatic rings. The fraction of sp³-hybridized carbons (Fsp3) is 0.565. The summed E-state index contributed by atoms with van der Waals surface area (Å²) in [6, 6.07) is 9.84. The quantitative estimate of drug-likeness (QED) is 0.740. The van der Waals surface area contributed by atoms with Gasteiger partial charge < -0.3 is 9.88 Å². The molecule has 31 heavy (non-hydrogen) atoms. The van der Waals surface area contributed by atoms with Crippen LogP contribution >= 0.6 is 0 Å². The number of nitrogens with one attached hydrogen (secondary N) is 1. The first kappa shape index (κ1) is 22.0. The Hall–Kier alpha value is -2.19. The molecule has 0 bridgehead atoms. The summed E-state index contributed by atoms with van der Waals surface area (Å²) in [6.45, 7) is 4.77. The van der Waals surface area contributed by atoms with E-state index in [9.17, 15) is 13.2 Å². The molecule has 168 valence electrons. The van der Waals surface area contributed by atoms with Gasteiger partial charge in [0.1, 0.15) is 5.82 Å². The van der Waals surface area contributed by atoms with Crippen LogP contribution in [0.3, 0.4) is 0 Å². The number of imidazole rings is 1. The number of nitrogens with zero attached hydrogens (tertiary/aromatic N) is 3. The third-order valence-electron chi connectivity index (χ3n) is 6.69. The molecule has 8 heteroatoms. The molecule has 0 saturated heterocycles. The van der Waals surface area contributed by atoms with E-state index in [4.69, 9.17) is 4.98 Å². The van der Waals surface area contributed by atoms with E-state index in [-0.39, 0.29) is 24.2 Å². The Morgan fingerprint density at radius 1 is 1.16 bits per heavy atom. The predicted molar refractivity (Wildman–Crippen MR) is 121 cm³/mol. The van der Waals surface area contributed by atoms with Crippen molar-refractivity contribution in [2.75, 3.05) is 12.3 Å². The Labute approximate surface area is 184 Å². The normalized spacial score (nSPS) is 19.0. The van der Waals surface area contributed by atoms with Gasteiger partial charge in [-0.05, 0) is 32.6 Å². The molecule has 1 fully saturated rings. The first-order valence-corrected chi connectivity index (χ1v) is 12.9. The SMILES string of the molecule is CCS(=O)(=O)N1CCn2c(-c3ccccc3)nc(C(=O)NC(C)C3CCCCC3)c2C1. The summed E-state index contributed by atoms with van der Waals surface area (Å²) in [5.74, 6) is 1.05. The van der Waals surface area contributed by atoms with Gasteiger partial charge >= 0.3 is 0 Å². The Bertz CT molecular complexity index is 1030. The molecule has 0 radical (unpaired) electrons. The molecule has 0 spiro atoms. The smallest absolute Gasteiger partial charge is 0.272 e. The molecule has 2 aliphatic rings. The van der Waals surface area contributed by atoms with Crippen molar-refractivity contribution in [1.29, 1.82) is 0 Å². The van der Waals surface area contributed by atoms with Gasteiger partial charge in [0.25, 0.3) is 5.91 Å². The predicted octanol–water partition coefficient (Wildman–Crippen LogP) is 3.41. The lowest BCUT2D eigenvalue weighted by molar-refractivity contribution is 0.0912. The van der Waals surface area contributed by atoms with Gasteiger partial charge in [-0.15, -0.1) is 0 Å². The molecule has 1 unspecified atom stereocenters. The maximum absolute atomic E-state index is 13.3. The second-order valence-corrected chi connectivity index (χ2v) is 10.9. The molecule has 2 heterocycles. The Morgan fingerprint density at radius 2 is 1.87 bits per heavy atom. The largest absolute Gasteiger partial charge is 0.348 e. The van der Waals surface area contributed by atoms with E-state index in [2.05, 4.69) is 12.2 Å². The molecular weight excluding hydrogens is 412 g/mol. The highest BCUT2D eigenvalue weighted by molar-refractivity contribution is 7.89. The minimum atomic E-state index is -3.34. The van der Waals surface area contributed by atoms with E-state index < -0.39 is 10.0 Å². The summed E-state index contributed by atoms with van der Waals surface area (Å²) in [5.41, 5.74) is 1.95. The lowest BCUT2D eigenvalue weighted by Crippen LogP contribution is -2.42. The van der Waals surface area contributed by atoms with Gasteiger partial charge in [-0.25, -0.2) is 13.4 Å². The van der Waals surface area contributed by atoms with Crippen molar-refractivity contribution in [3.63, 3.8) is 0 Å². The number of rotatable bonds is 6. The highest BCUT2D eigenvalue weighted by atomic mass is 32.2. The Balaban J connectivity index is 1.66. The number of fused-ring (bicyclic) bond motifs is 1. The first-order valence-electron chi connectivity index (χ1n) is 11.3. The van der Waals surface area contributed by atoms with Crippen molar-refractivity contribution in [2.45, 2.75) is 65.1 Å². The molecule has 1 atom stereocenters. The number of carbonyl (C=O) groups is 1. The van der Waals surface area contributed by atoms with E-state index in [1.54, 1.807) is 6.92 Å². The van der Waals surface area contributed by atoms with Gasteiger partial charge in [0.2, 0.25) is 10.0 Å². The summed E-state index contributed by atoms with van der Waals surface area (Å²) in [7, 11) is -3.34. The second-order valence-electron chi connectivity index (χ2n) is 8.64. The van der Waals surface area contributed by atoms with Crippen LogP contribution in [0, 0.1) is 5.92 Å². The molecule has 4 rings (SSSR count). The highest BCUT2D eigenvalue weighted by Gasteiger charge is 2.33. The van der Waals surface area contributed by atoms with E-state index >= 15 is 0 Å². The van der Waals surface area contributed by atoms with Crippen LogP contribution in [0.5, 0.6) is 0 Å². The number of hydrogen-bond donors (Lipinski definition) is 1. The van der Waals surface area contributed by atoms with Crippen LogP contribution < -0.4 is 5.32 Å². The number of hydrogen-bond acceptors (Lipinski definition) is 4. The van der Waals surface area contributed by atoms with E-state index in [0.717, 1.165) is 24.2 Å². The maximum atomic E-state index is 13.3. The zero-order chi connectivity index (χ0) is 22.0. The minimum absolute atomic E-state index is 0.0485. The summed E-state index contributed by atoms with van der Waals surface area (Å²) in [4.78, 5) is 18.0. The molecule has 1 aliphatic carbocycles. The number of benzene rings is 1. The summed E-state index contributed by atoms with van der Waals surface area (Å²) < 4.78 is 28.5. The third-order valence-corrected chi connectivity index (χ3v) is 8.52. The van der Waals surface area contributed by atoms with Gasteiger partial charge in [0.15, 0.2) is 5.69 Å². The van der Waals surface area contributed by atoms with Gasteiger partial charge in [-0.2, -0.15) is 4.31 Å². The topological polar surface area (TPSA) is 84.3 Å². The second kappa shape index (κ2) is 9.12. The van der Waals surface area contributed by atoms with Crippen molar-refractivity contribution in [3.05, 3.63) is 41.7 Å². The standard InChI is InChI=1S/C23H32N4O3S/c1-3-31(29,30)26-14-15-27-20(16-26)21(25-22(27)19-12-8-5-9-13-19)23(28)24-17(2)18-10-6-4-7-11-18/h5,8-9,12-13,17-18H,3-4,6-7,10-11,14-16H2,1-2H3,(H,24,28). The maximum Gasteiger partial charge on any atom is 0.272 e. The third kappa shape index (κ3) is 4.55. The van der Waals surface area contributed by atoms with Crippen LogP contribution in [0.2, 0.25) is 0 Å². The molecule has 1 N–H and O–H groups in total. The van der Waals surface area contributed by atoms with Crippen LogP contribution in [0.15, 0.2) is 30.3 Å². The number of sulfonamides is 1. The molecule has 7 nitrogen and oxygen atoms in total. The average Bonchev–Trinajstić information content (AvgIpc) is 3.19. The molecule has 1 amide bonds. The lowest BCUT2D eigenvalue weighted by atomic mass is 9.84. The van der Waals surface area contributed by atoms with Gasteiger partial charge in [-0.1, -0.05) is 49.6 Å². The van der Waals surface area contributed by atoms with E-state index in [1.165, 1.54) is 23.6 Å². The molecule has 1 aliphatic heterocycles. The van der Waals surface area contributed by atoms with Gasteiger partial charge in [0.05, 0.1) is 18.0 Å². The molecule has 1 aromatic carbocycles. The lowest BCUT2D eigenvalue weighted by Gasteiger charge is -2.29. The summed E-state index contributed by atoms with van der Waals surface area (Å²) in [5, 5.41) is 3.17. The fourth-order valence-electron chi connectivity index (χ4n) is 4.78. The molecule has 1 aromatic heterocycles. The van der Waals surface area contributed by atoms with Crippen molar-refractivity contribution < 1.29 is 13.2 Å². The zero-order valence-corrected chi connectivity index (χ0v) is 19.2. The van der Waals surface area contributed by atoms with Crippen molar-refractivity contribution in [3.8, 4) is 11.4 Å². The molecule has 1 saturated carbocycles. The van der Waals surface area contributed by atoms with Gasteiger partial charge in [0, 0.05) is 24.7 Å². The van der Waals surface area contributed by atoms with Crippen LogP contribution in [0.1, 0.15) is 62.1 Å². The number of aromatic nitrogens is 2. The van der Waals surface area contributed by atoms with Crippen molar-refractivity contribution >= 4 is 15.9 Å². The zero-order valence-electron chi connectivity index (χ0n) is 18.4. The van der Waals surface area contributed by atoms with Crippen LogP contribution in [-0.4, -0.2) is 46.5 Å². The summed E-state index contributed by atoms with van der Waals surface area (Å²) in [6.07, 6.45) is 5.98. The van der Waals surface area contributed by atoms with Crippen molar-refractivity contribution in [2.24, 2.45) is 5.92 Å². The van der Waals surface area contributed by atoms with Crippen LogP contribution in [-0.2, 0) is 23.1 Å². The van der Waals surface area contributed by atoms with Crippen molar-refractivity contribution in [1.82, 2.24) is 19.2 Å². The fourth-order valence-corrected chi connectivity index (χ4v) is 5.83. The summed E-state index contributed by atoms with van der Waals surface area (Å²) >= 11 is 0. The minimum Gasteiger partial charge on any atom is -0.348 e. The van der Waals surface area contributed by atoms with E-state index in [0.29, 0.717) is 30.4 Å². The molecular formula is C23H32N4O3S. The van der Waals surface area contributed by atoms with Crippen LogP contribution in [0.25, 0.3) is 11.4 Å². The van der Waals surface area contributed by atoms with Gasteiger partial charge in [-0.3, -0.25) is 4.79 Å². The highest BCUT2D eigenvalue weighted by Crippen LogP contribution is 2.29. The monoisotopic (exact) mass is 444 g/mol. The average molecular weight is 445 g/mol. The number of amides is 1. The van der Waals surface area contributed by atoms with Crippen LogP contribution in [0.4, 0.5) is 0 Å². The Morgan fingerprint density at radius 3 is 2.55 bits per heavy atom. The van der Waals surface area contributed by atoms with E-state index in [1.807, 2.05) is 34.9 Å². The first-order chi connectivity index (χ1) is 14.9. The number of carbonyl (C=O) groups excluding carboxylic acids is 1.